The Balaban J connectivity index is -0.000000374. The van der Waals surface area contributed by atoms with E-state index in [1.165, 1.54) is 16.7 Å². The first-order valence-electron chi connectivity index (χ1n) is 8.60. The number of phenolic OH excluding ortho intramolecular Hbond substituents is 1. The molecule has 0 atom stereocenters. The van der Waals surface area contributed by atoms with Gasteiger partial charge >= 0.3 is 21.7 Å². The summed E-state index contributed by atoms with van der Waals surface area (Å²) in [6, 6.07) is 6.00. The number of para-hydroxylation sites is 1. The third kappa shape index (κ3) is 7.43. The standard InChI is InChI=1S/C12H18O.C10H15.2ClH.Ti/c1-8(2)10-6-5-7-11(9(3)4)12(10)13;1-7-6-10(4,5)9(3)8(7)2;;;/h5-9,13H,1-4H3;1-5H3;2*1H;/q;-1;;;+3/p-2. The third-order valence-corrected chi connectivity index (χ3v) is 4.90. The number of hydrogen-bond acceptors (Lipinski definition) is 1. The van der Waals surface area contributed by atoms with Crippen LogP contribution in [0.15, 0.2) is 34.9 Å². The van der Waals surface area contributed by atoms with Crippen LogP contribution in [0.5, 0.6) is 5.75 Å². The van der Waals surface area contributed by atoms with Gasteiger partial charge in [0.15, 0.2) is 0 Å². The van der Waals surface area contributed by atoms with Crippen LogP contribution in [0.2, 0.25) is 0 Å². The van der Waals surface area contributed by atoms with Crippen molar-refractivity contribution in [3.05, 3.63) is 52.1 Å². The van der Waals surface area contributed by atoms with Crippen molar-refractivity contribution in [1.82, 2.24) is 0 Å². The Morgan fingerprint density at radius 3 is 1.46 bits per heavy atom. The Bertz CT molecular complexity index is 603. The first kappa shape index (κ1) is 30.5. The number of rotatable bonds is 2. The van der Waals surface area contributed by atoms with Gasteiger partial charge in [0.2, 0.25) is 0 Å². The molecule has 4 heteroatoms. The molecule has 0 saturated heterocycles. The van der Waals surface area contributed by atoms with Crippen molar-refractivity contribution in [1.29, 1.82) is 0 Å². The van der Waals surface area contributed by atoms with E-state index in [0.717, 1.165) is 11.1 Å². The zero-order valence-corrected chi connectivity index (χ0v) is 20.7. The number of halogens is 2. The summed E-state index contributed by atoms with van der Waals surface area (Å²) in [5, 5.41) is 9.93. The van der Waals surface area contributed by atoms with E-state index in [-0.39, 0.29) is 51.9 Å². The number of allylic oxidation sites excluding steroid dienone is 4. The second-order valence-corrected chi connectivity index (χ2v) is 7.72. The molecule has 1 N–H and O–H groups in total. The Kier molecular flexibility index (Phi) is 14.4. The van der Waals surface area contributed by atoms with Crippen LogP contribution in [0.3, 0.4) is 0 Å². The summed E-state index contributed by atoms with van der Waals surface area (Å²) in [4.78, 5) is 0. The predicted molar refractivity (Wildman–Crippen MR) is 101 cm³/mol. The molecule has 0 aromatic heterocycles. The van der Waals surface area contributed by atoms with Gasteiger partial charge in [0.25, 0.3) is 0 Å². The molecule has 0 fully saturated rings. The van der Waals surface area contributed by atoms with Crippen LogP contribution < -0.4 is 24.8 Å². The second kappa shape index (κ2) is 12.3. The Morgan fingerprint density at radius 1 is 0.885 bits per heavy atom. The summed E-state index contributed by atoms with van der Waals surface area (Å²) < 4.78 is 0. The summed E-state index contributed by atoms with van der Waals surface area (Å²) in [6.07, 6.45) is 3.44. The molecule has 1 aliphatic rings. The Hall–Kier alpha value is -0.206. The number of benzene rings is 1. The van der Waals surface area contributed by atoms with Crippen LogP contribution >= 0.6 is 0 Å². The molecule has 145 valence electrons. The molecule has 1 aliphatic carbocycles. The molecular weight excluding hydrogens is 399 g/mol. The molecular formula is C22H33Cl2OTi. The Morgan fingerprint density at radius 2 is 1.27 bits per heavy atom. The van der Waals surface area contributed by atoms with E-state index < -0.39 is 0 Å². The number of aromatic hydroxyl groups is 1. The smallest absolute Gasteiger partial charge is 1.00 e. The van der Waals surface area contributed by atoms with E-state index in [1.807, 2.05) is 18.2 Å². The van der Waals surface area contributed by atoms with Crippen LogP contribution in [-0.4, -0.2) is 5.11 Å². The van der Waals surface area contributed by atoms with Crippen molar-refractivity contribution in [3.8, 4) is 5.75 Å². The molecule has 0 heterocycles. The van der Waals surface area contributed by atoms with Gasteiger partial charge in [0.1, 0.15) is 5.75 Å². The summed E-state index contributed by atoms with van der Waals surface area (Å²) in [5.41, 5.74) is 6.49. The molecule has 2 rings (SSSR count). The molecule has 0 aliphatic heterocycles. The second-order valence-electron chi connectivity index (χ2n) is 7.72. The summed E-state index contributed by atoms with van der Waals surface area (Å²) in [6.45, 7) is 19.3. The van der Waals surface area contributed by atoms with Crippen LogP contribution in [0.25, 0.3) is 0 Å². The summed E-state index contributed by atoms with van der Waals surface area (Å²) >= 11 is 0. The number of phenols is 1. The largest absolute Gasteiger partial charge is 3.00 e. The van der Waals surface area contributed by atoms with Crippen molar-refractivity contribution < 1.29 is 51.6 Å². The van der Waals surface area contributed by atoms with Crippen molar-refractivity contribution in [3.63, 3.8) is 0 Å². The molecule has 0 bridgehead atoms. The van der Waals surface area contributed by atoms with Crippen LogP contribution in [-0.2, 0) is 21.7 Å². The maximum absolute atomic E-state index is 9.93. The van der Waals surface area contributed by atoms with Gasteiger partial charge in [-0.3, -0.25) is 6.08 Å². The van der Waals surface area contributed by atoms with Crippen molar-refractivity contribution in [2.75, 3.05) is 0 Å². The fraction of sp³-hybridized carbons (Fsp3) is 0.545. The van der Waals surface area contributed by atoms with E-state index in [4.69, 9.17) is 0 Å². The van der Waals surface area contributed by atoms with E-state index >= 15 is 0 Å². The molecule has 26 heavy (non-hydrogen) atoms. The predicted octanol–water partition coefficient (Wildman–Crippen LogP) is 0.757. The van der Waals surface area contributed by atoms with E-state index in [9.17, 15) is 5.11 Å². The average Bonchev–Trinajstić information content (AvgIpc) is 2.61. The van der Waals surface area contributed by atoms with Crippen LogP contribution in [0.1, 0.15) is 85.3 Å². The molecule has 0 unspecified atom stereocenters. The minimum atomic E-state index is 0. The summed E-state index contributed by atoms with van der Waals surface area (Å²) in [7, 11) is 0. The maximum Gasteiger partial charge on any atom is 3.00 e. The fourth-order valence-corrected chi connectivity index (χ4v) is 2.92. The topological polar surface area (TPSA) is 20.2 Å². The fourth-order valence-electron chi connectivity index (χ4n) is 2.92. The molecule has 1 nitrogen and oxygen atoms in total. The van der Waals surface area contributed by atoms with Crippen LogP contribution in [0, 0.1) is 11.5 Å². The minimum absolute atomic E-state index is 0. The van der Waals surface area contributed by atoms with E-state index in [0.29, 0.717) is 17.6 Å². The quantitative estimate of drug-likeness (QED) is 0.541. The first-order valence-corrected chi connectivity index (χ1v) is 8.60. The normalized spacial score (nSPS) is 14.7. The van der Waals surface area contributed by atoms with Crippen molar-refractivity contribution in [2.24, 2.45) is 5.41 Å². The van der Waals surface area contributed by atoms with Crippen molar-refractivity contribution in [2.45, 2.75) is 74.1 Å². The monoisotopic (exact) mass is 431 g/mol. The minimum Gasteiger partial charge on any atom is -1.00 e. The van der Waals surface area contributed by atoms with Gasteiger partial charge in [0.05, 0.1) is 0 Å². The molecule has 1 radical (unpaired) electrons. The van der Waals surface area contributed by atoms with E-state index in [2.05, 4.69) is 68.4 Å². The number of hydrogen-bond donors (Lipinski definition) is 1. The van der Waals surface area contributed by atoms with Gasteiger partial charge in [0, 0.05) is 0 Å². The van der Waals surface area contributed by atoms with Gasteiger partial charge in [-0.2, -0.15) is 11.1 Å². The molecule has 0 saturated carbocycles. The third-order valence-electron chi connectivity index (χ3n) is 4.90. The molecule has 1 aromatic rings. The molecule has 0 amide bonds. The summed E-state index contributed by atoms with van der Waals surface area (Å²) in [5.74, 6) is 1.25. The van der Waals surface area contributed by atoms with Gasteiger partial charge in [-0.15, -0.1) is 6.92 Å². The molecule has 1 aromatic carbocycles. The van der Waals surface area contributed by atoms with Gasteiger partial charge in [-0.1, -0.05) is 79.0 Å². The van der Waals surface area contributed by atoms with Gasteiger partial charge in [-0.25, -0.2) is 5.57 Å². The zero-order chi connectivity index (χ0) is 17.9. The SMILES string of the molecule is CC(C)c1cccc(C(C)C)c1O.CC1=[C-]C(C)(C)C(C)=C1C.[Cl-].[Cl-].[Ti+3]. The van der Waals surface area contributed by atoms with Gasteiger partial charge < -0.3 is 29.9 Å². The van der Waals surface area contributed by atoms with Crippen molar-refractivity contribution >= 4 is 0 Å². The average molecular weight is 432 g/mol. The Labute approximate surface area is 188 Å². The van der Waals surface area contributed by atoms with Crippen LogP contribution in [0.4, 0.5) is 0 Å². The van der Waals surface area contributed by atoms with E-state index in [1.54, 1.807) is 0 Å². The maximum atomic E-state index is 9.93. The first-order chi connectivity index (χ1) is 10.5. The van der Waals surface area contributed by atoms with Gasteiger partial charge in [-0.05, 0) is 23.0 Å². The zero-order valence-electron chi connectivity index (χ0n) is 17.6. The molecule has 0 spiro atoms.